The average Bonchev–Trinajstić information content (AvgIpc) is 2.79. The van der Waals surface area contributed by atoms with Crippen LogP contribution in [0.3, 0.4) is 0 Å². The molecule has 114 valence electrons. The third-order valence-corrected chi connectivity index (χ3v) is 3.15. The summed E-state index contributed by atoms with van der Waals surface area (Å²) in [6.07, 6.45) is 2.84. The summed E-state index contributed by atoms with van der Waals surface area (Å²) in [6.45, 7) is 2.01. The molecule has 0 aliphatic carbocycles. The SMILES string of the molecule is CCc1nn(C)cc1NC(=O)CC(N)c1ccccc1.Cl. The van der Waals surface area contributed by atoms with E-state index < -0.39 is 0 Å². The number of hydrogen-bond acceptors (Lipinski definition) is 3. The predicted molar refractivity (Wildman–Crippen MR) is 86.5 cm³/mol. The number of carbonyl (C=O) groups excluding carboxylic acids is 1. The molecule has 2 rings (SSSR count). The van der Waals surface area contributed by atoms with Crippen molar-refractivity contribution in [1.29, 1.82) is 0 Å². The molecule has 5 nitrogen and oxygen atoms in total. The highest BCUT2D eigenvalue weighted by Gasteiger charge is 2.14. The van der Waals surface area contributed by atoms with Gasteiger partial charge in [-0.3, -0.25) is 9.48 Å². The van der Waals surface area contributed by atoms with Crippen LogP contribution in [0.2, 0.25) is 0 Å². The highest BCUT2D eigenvalue weighted by atomic mass is 35.5. The molecule has 21 heavy (non-hydrogen) atoms. The molecule has 1 heterocycles. The molecule has 0 bridgehead atoms. The van der Waals surface area contributed by atoms with Gasteiger partial charge >= 0.3 is 0 Å². The summed E-state index contributed by atoms with van der Waals surface area (Å²) < 4.78 is 1.70. The van der Waals surface area contributed by atoms with Gasteiger partial charge in [-0.2, -0.15) is 5.10 Å². The van der Waals surface area contributed by atoms with Crippen molar-refractivity contribution in [2.45, 2.75) is 25.8 Å². The monoisotopic (exact) mass is 308 g/mol. The average molecular weight is 309 g/mol. The molecule has 1 aromatic heterocycles. The number of carbonyl (C=O) groups is 1. The second kappa shape index (κ2) is 7.81. The largest absolute Gasteiger partial charge is 0.324 e. The van der Waals surface area contributed by atoms with E-state index >= 15 is 0 Å². The Kier molecular flexibility index (Phi) is 6.39. The first-order valence-electron chi connectivity index (χ1n) is 6.73. The Morgan fingerprint density at radius 1 is 1.38 bits per heavy atom. The molecule has 0 aliphatic rings. The number of nitrogens with one attached hydrogen (secondary N) is 1. The summed E-state index contributed by atoms with van der Waals surface area (Å²) in [5.41, 5.74) is 8.65. The van der Waals surface area contributed by atoms with Gasteiger partial charge in [-0.15, -0.1) is 12.4 Å². The van der Waals surface area contributed by atoms with Gasteiger partial charge in [0.05, 0.1) is 11.4 Å². The number of anilines is 1. The van der Waals surface area contributed by atoms with Crippen molar-refractivity contribution < 1.29 is 4.79 Å². The third kappa shape index (κ3) is 4.58. The number of aryl methyl sites for hydroxylation is 2. The van der Waals surface area contributed by atoms with Gasteiger partial charge in [0.25, 0.3) is 0 Å². The molecule has 0 saturated carbocycles. The van der Waals surface area contributed by atoms with E-state index in [4.69, 9.17) is 5.73 Å². The predicted octanol–water partition coefficient (Wildman–Crippen LogP) is 2.43. The molecule has 0 saturated heterocycles. The van der Waals surface area contributed by atoms with Crippen molar-refractivity contribution in [2.75, 3.05) is 5.32 Å². The van der Waals surface area contributed by atoms with Gasteiger partial charge < -0.3 is 11.1 Å². The Balaban J connectivity index is 0.00000220. The van der Waals surface area contributed by atoms with E-state index in [0.29, 0.717) is 0 Å². The van der Waals surface area contributed by atoms with Crippen molar-refractivity contribution in [1.82, 2.24) is 9.78 Å². The molecule has 1 aromatic carbocycles. The van der Waals surface area contributed by atoms with Gasteiger partial charge in [0.15, 0.2) is 0 Å². The van der Waals surface area contributed by atoms with Gasteiger partial charge in [0.2, 0.25) is 5.91 Å². The van der Waals surface area contributed by atoms with Crippen LogP contribution in [0.5, 0.6) is 0 Å². The Hall–Kier alpha value is -1.85. The molecule has 0 spiro atoms. The number of nitrogens with zero attached hydrogens (tertiary/aromatic N) is 2. The van der Waals surface area contributed by atoms with Crippen LogP contribution < -0.4 is 11.1 Å². The molecule has 1 unspecified atom stereocenters. The molecule has 0 fully saturated rings. The minimum Gasteiger partial charge on any atom is -0.324 e. The highest BCUT2D eigenvalue weighted by molar-refractivity contribution is 5.91. The third-order valence-electron chi connectivity index (χ3n) is 3.15. The Bertz CT molecular complexity index is 583. The van der Waals surface area contributed by atoms with Crippen LogP contribution in [-0.2, 0) is 18.3 Å². The zero-order valence-corrected chi connectivity index (χ0v) is 13.1. The summed E-state index contributed by atoms with van der Waals surface area (Å²) in [6, 6.07) is 9.34. The molecule has 1 atom stereocenters. The Morgan fingerprint density at radius 2 is 2.05 bits per heavy atom. The van der Waals surface area contributed by atoms with E-state index in [9.17, 15) is 4.79 Å². The van der Waals surface area contributed by atoms with E-state index in [1.807, 2.05) is 50.5 Å². The Labute approximate surface area is 130 Å². The number of hydrogen-bond donors (Lipinski definition) is 2. The lowest BCUT2D eigenvalue weighted by molar-refractivity contribution is -0.116. The molecule has 0 aliphatic heterocycles. The normalized spacial score (nSPS) is 11.6. The van der Waals surface area contributed by atoms with Crippen molar-refractivity contribution >= 4 is 24.0 Å². The lowest BCUT2D eigenvalue weighted by Crippen LogP contribution is -2.20. The van der Waals surface area contributed by atoms with Gasteiger partial charge in [0, 0.05) is 25.7 Å². The number of rotatable bonds is 5. The molecular weight excluding hydrogens is 288 g/mol. The van der Waals surface area contributed by atoms with Crippen LogP contribution in [0, 0.1) is 0 Å². The number of amides is 1. The van der Waals surface area contributed by atoms with E-state index in [0.717, 1.165) is 23.4 Å². The fourth-order valence-electron chi connectivity index (χ4n) is 2.12. The summed E-state index contributed by atoms with van der Waals surface area (Å²) in [4.78, 5) is 12.0. The van der Waals surface area contributed by atoms with Crippen molar-refractivity contribution in [2.24, 2.45) is 12.8 Å². The van der Waals surface area contributed by atoms with Gasteiger partial charge in [-0.25, -0.2) is 0 Å². The first-order valence-corrected chi connectivity index (χ1v) is 6.73. The standard InChI is InChI=1S/C15H20N4O.ClH/c1-3-13-14(10-19(2)18-13)17-15(20)9-12(16)11-7-5-4-6-8-11;/h4-8,10,12H,3,9,16H2,1-2H3,(H,17,20);1H. The number of benzene rings is 1. The molecule has 6 heteroatoms. The summed E-state index contributed by atoms with van der Waals surface area (Å²) in [5.74, 6) is -0.0935. The smallest absolute Gasteiger partial charge is 0.226 e. The van der Waals surface area contributed by atoms with Crippen LogP contribution in [0.1, 0.15) is 30.6 Å². The lowest BCUT2D eigenvalue weighted by atomic mass is 10.0. The Morgan fingerprint density at radius 3 is 2.67 bits per heavy atom. The van der Waals surface area contributed by atoms with Crippen LogP contribution in [0.25, 0.3) is 0 Å². The van der Waals surface area contributed by atoms with Crippen molar-refractivity contribution in [3.05, 3.63) is 47.8 Å². The van der Waals surface area contributed by atoms with E-state index in [2.05, 4.69) is 10.4 Å². The lowest BCUT2D eigenvalue weighted by Gasteiger charge is -2.11. The fraction of sp³-hybridized carbons (Fsp3) is 0.333. The zero-order valence-electron chi connectivity index (χ0n) is 12.2. The van der Waals surface area contributed by atoms with E-state index in [1.54, 1.807) is 4.68 Å². The number of nitrogens with two attached hydrogens (primary N) is 1. The van der Waals surface area contributed by atoms with Crippen LogP contribution in [0.4, 0.5) is 5.69 Å². The minimum absolute atomic E-state index is 0. The molecule has 2 aromatic rings. The maximum absolute atomic E-state index is 12.0. The zero-order chi connectivity index (χ0) is 14.5. The van der Waals surface area contributed by atoms with Crippen LogP contribution in [0.15, 0.2) is 36.5 Å². The van der Waals surface area contributed by atoms with Crippen molar-refractivity contribution in [3.8, 4) is 0 Å². The second-order valence-electron chi connectivity index (χ2n) is 4.79. The minimum atomic E-state index is -0.294. The topological polar surface area (TPSA) is 72.9 Å². The van der Waals surface area contributed by atoms with Gasteiger partial charge in [-0.05, 0) is 12.0 Å². The fourth-order valence-corrected chi connectivity index (χ4v) is 2.12. The first kappa shape index (κ1) is 17.2. The number of aromatic nitrogens is 2. The highest BCUT2D eigenvalue weighted by Crippen LogP contribution is 2.17. The summed E-state index contributed by atoms with van der Waals surface area (Å²) in [7, 11) is 1.84. The quantitative estimate of drug-likeness (QED) is 0.891. The van der Waals surface area contributed by atoms with E-state index in [1.165, 1.54) is 0 Å². The maximum atomic E-state index is 12.0. The molecule has 3 N–H and O–H groups in total. The summed E-state index contributed by atoms with van der Waals surface area (Å²) in [5, 5.41) is 7.17. The van der Waals surface area contributed by atoms with E-state index in [-0.39, 0.29) is 30.8 Å². The second-order valence-corrected chi connectivity index (χ2v) is 4.79. The molecule has 0 radical (unpaired) electrons. The molecular formula is C15H21ClN4O. The van der Waals surface area contributed by atoms with Crippen LogP contribution >= 0.6 is 12.4 Å². The van der Waals surface area contributed by atoms with Gasteiger partial charge in [-0.1, -0.05) is 37.3 Å². The van der Waals surface area contributed by atoms with Gasteiger partial charge in [0.1, 0.15) is 0 Å². The van der Waals surface area contributed by atoms with Crippen molar-refractivity contribution in [3.63, 3.8) is 0 Å². The maximum Gasteiger partial charge on any atom is 0.226 e. The summed E-state index contributed by atoms with van der Waals surface area (Å²) >= 11 is 0. The number of halogens is 1. The first-order chi connectivity index (χ1) is 9.60. The van der Waals surface area contributed by atoms with Crippen LogP contribution in [-0.4, -0.2) is 15.7 Å². The molecule has 1 amide bonds.